The molecule has 0 saturated carbocycles. The van der Waals surface area contributed by atoms with Crippen molar-refractivity contribution in [2.24, 2.45) is 0 Å². The SMILES string of the molecule is CCCC(=O)Nc1sc2c(c1C(=O)NC)CCN(C(=O)OC)C2. The number of nitrogens with one attached hydrogen (secondary N) is 2. The Morgan fingerprint density at radius 1 is 1.35 bits per heavy atom. The summed E-state index contributed by atoms with van der Waals surface area (Å²) in [5.41, 5.74) is 1.42. The maximum atomic E-state index is 12.2. The van der Waals surface area contributed by atoms with Gasteiger partial charge in [0.05, 0.1) is 19.2 Å². The van der Waals surface area contributed by atoms with Crippen LogP contribution in [0.3, 0.4) is 0 Å². The van der Waals surface area contributed by atoms with Gasteiger partial charge in [-0.1, -0.05) is 6.92 Å². The lowest BCUT2D eigenvalue weighted by Crippen LogP contribution is -2.35. The number of fused-ring (bicyclic) bond motifs is 1. The van der Waals surface area contributed by atoms with Crippen molar-refractivity contribution in [3.05, 3.63) is 16.0 Å². The molecule has 1 aromatic heterocycles. The molecular formula is C15H21N3O4S. The highest BCUT2D eigenvalue weighted by atomic mass is 32.1. The number of carbonyl (C=O) groups excluding carboxylic acids is 3. The molecule has 8 heteroatoms. The van der Waals surface area contributed by atoms with Crippen LogP contribution in [0.5, 0.6) is 0 Å². The average molecular weight is 339 g/mol. The zero-order valence-corrected chi connectivity index (χ0v) is 14.3. The first-order chi connectivity index (χ1) is 11.0. The van der Waals surface area contributed by atoms with Crippen LogP contribution in [-0.4, -0.2) is 43.5 Å². The van der Waals surface area contributed by atoms with Crippen LogP contribution >= 0.6 is 11.3 Å². The van der Waals surface area contributed by atoms with Crippen molar-refractivity contribution in [1.29, 1.82) is 0 Å². The summed E-state index contributed by atoms with van der Waals surface area (Å²) in [7, 11) is 2.91. The third-order valence-electron chi connectivity index (χ3n) is 3.67. The number of rotatable bonds is 4. The van der Waals surface area contributed by atoms with Gasteiger partial charge in [-0.2, -0.15) is 0 Å². The molecule has 7 nitrogen and oxygen atoms in total. The van der Waals surface area contributed by atoms with Gasteiger partial charge in [-0.05, 0) is 18.4 Å². The Morgan fingerprint density at radius 3 is 2.70 bits per heavy atom. The molecular weight excluding hydrogens is 318 g/mol. The van der Waals surface area contributed by atoms with E-state index in [1.165, 1.54) is 18.4 Å². The zero-order chi connectivity index (χ0) is 17.0. The van der Waals surface area contributed by atoms with E-state index >= 15 is 0 Å². The Labute approximate surface area is 139 Å². The van der Waals surface area contributed by atoms with Gasteiger partial charge >= 0.3 is 6.09 Å². The molecule has 0 unspecified atom stereocenters. The van der Waals surface area contributed by atoms with Gasteiger partial charge < -0.3 is 20.3 Å². The number of thiophene rings is 1. The standard InChI is InChI=1S/C15H21N3O4S/c1-4-5-11(19)17-14-12(13(20)16-2)9-6-7-18(15(21)22-3)8-10(9)23-14/h4-8H2,1-3H3,(H,16,20)(H,17,19). The first kappa shape index (κ1) is 17.3. The van der Waals surface area contributed by atoms with E-state index in [0.29, 0.717) is 36.5 Å². The largest absolute Gasteiger partial charge is 0.453 e. The van der Waals surface area contributed by atoms with Gasteiger partial charge in [0.2, 0.25) is 5.91 Å². The summed E-state index contributed by atoms with van der Waals surface area (Å²) in [4.78, 5) is 38.3. The second-order valence-corrected chi connectivity index (χ2v) is 6.33. The highest BCUT2D eigenvalue weighted by molar-refractivity contribution is 7.17. The van der Waals surface area contributed by atoms with Crippen LogP contribution in [0.4, 0.5) is 9.80 Å². The molecule has 0 spiro atoms. The van der Waals surface area contributed by atoms with Crippen molar-refractivity contribution in [3.63, 3.8) is 0 Å². The van der Waals surface area contributed by atoms with Crippen LogP contribution in [0.25, 0.3) is 0 Å². The summed E-state index contributed by atoms with van der Waals surface area (Å²) in [5.74, 6) is -0.332. The molecule has 1 aromatic rings. The number of hydrogen-bond acceptors (Lipinski definition) is 5. The van der Waals surface area contributed by atoms with E-state index in [2.05, 4.69) is 10.6 Å². The molecule has 0 fully saturated rings. The summed E-state index contributed by atoms with van der Waals surface area (Å²) in [6.07, 6.45) is 1.32. The van der Waals surface area contributed by atoms with Crippen LogP contribution in [0.15, 0.2) is 0 Å². The van der Waals surface area contributed by atoms with Crippen molar-refractivity contribution in [2.75, 3.05) is 26.0 Å². The molecule has 1 aliphatic heterocycles. The van der Waals surface area contributed by atoms with E-state index in [-0.39, 0.29) is 17.9 Å². The van der Waals surface area contributed by atoms with Crippen molar-refractivity contribution in [2.45, 2.75) is 32.7 Å². The van der Waals surface area contributed by atoms with Crippen molar-refractivity contribution in [1.82, 2.24) is 10.2 Å². The molecule has 2 heterocycles. The molecule has 0 atom stereocenters. The lowest BCUT2D eigenvalue weighted by molar-refractivity contribution is -0.116. The van der Waals surface area contributed by atoms with E-state index in [0.717, 1.165) is 16.9 Å². The first-order valence-electron chi connectivity index (χ1n) is 7.51. The molecule has 2 N–H and O–H groups in total. The van der Waals surface area contributed by atoms with Crippen molar-refractivity contribution in [3.8, 4) is 0 Å². The van der Waals surface area contributed by atoms with Crippen LogP contribution in [0.1, 0.15) is 40.6 Å². The highest BCUT2D eigenvalue weighted by Gasteiger charge is 2.30. The van der Waals surface area contributed by atoms with E-state index in [9.17, 15) is 14.4 Å². The Bertz CT molecular complexity index is 626. The van der Waals surface area contributed by atoms with E-state index in [4.69, 9.17) is 4.74 Å². The van der Waals surface area contributed by atoms with Gasteiger partial charge in [0, 0.05) is 24.9 Å². The monoisotopic (exact) mass is 339 g/mol. The Morgan fingerprint density at radius 2 is 2.09 bits per heavy atom. The molecule has 0 aromatic carbocycles. The van der Waals surface area contributed by atoms with Gasteiger partial charge in [-0.15, -0.1) is 11.3 Å². The first-order valence-corrected chi connectivity index (χ1v) is 8.32. The van der Waals surface area contributed by atoms with Crippen LogP contribution < -0.4 is 10.6 Å². The molecule has 1 aliphatic rings. The van der Waals surface area contributed by atoms with Gasteiger partial charge in [-0.25, -0.2) is 4.79 Å². The number of hydrogen-bond donors (Lipinski definition) is 2. The number of amides is 3. The van der Waals surface area contributed by atoms with Gasteiger partial charge in [-0.3, -0.25) is 9.59 Å². The third kappa shape index (κ3) is 3.64. The lowest BCUT2D eigenvalue weighted by atomic mass is 10.0. The highest BCUT2D eigenvalue weighted by Crippen LogP contribution is 2.37. The third-order valence-corrected chi connectivity index (χ3v) is 4.81. The Hall–Kier alpha value is -2.09. The van der Waals surface area contributed by atoms with E-state index in [1.807, 2.05) is 6.92 Å². The second-order valence-electron chi connectivity index (χ2n) is 5.23. The van der Waals surface area contributed by atoms with Gasteiger partial charge in [0.1, 0.15) is 5.00 Å². The molecule has 126 valence electrons. The lowest BCUT2D eigenvalue weighted by Gasteiger charge is -2.25. The molecule has 2 rings (SSSR count). The average Bonchev–Trinajstić information content (AvgIpc) is 2.90. The minimum atomic E-state index is -0.387. The smallest absolute Gasteiger partial charge is 0.409 e. The fraction of sp³-hybridized carbons (Fsp3) is 0.533. The topological polar surface area (TPSA) is 87.7 Å². The summed E-state index contributed by atoms with van der Waals surface area (Å²) < 4.78 is 4.75. The van der Waals surface area contributed by atoms with Gasteiger partial charge in [0.15, 0.2) is 0 Å². The fourth-order valence-corrected chi connectivity index (χ4v) is 3.83. The molecule has 3 amide bonds. The normalized spacial score (nSPS) is 13.3. The van der Waals surface area contributed by atoms with Crippen LogP contribution in [-0.2, 0) is 22.5 Å². The second kappa shape index (κ2) is 7.45. The Kier molecular flexibility index (Phi) is 5.59. The van der Waals surface area contributed by atoms with E-state index < -0.39 is 0 Å². The van der Waals surface area contributed by atoms with Crippen molar-refractivity contribution >= 4 is 34.2 Å². The summed E-state index contributed by atoms with van der Waals surface area (Å²) in [6.45, 7) is 2.80. The van der Waals surface area contributed by atoms with Crippen molar-refractivity contribution < 1.29 is 19.1 Å². The molecule has 0 aliphatic carbocycles. The fourth-order valence-electron chi connectivity index (χ4n) is 2.56. The van der Waals surface area contributed by atoms with Crippen LogP contribution in [0.2, 0.25) is 0 Å². The molecule has 0 bridgehead atoms. The Balaban J connectivity index is 2.33. The predicted molar refractivity (Wildman–Crippen MR) is 87.8 cm³/mol. The number of anilines is 1. The van der Waals surface area contributed by atoms with Gasteiger partial charge in [0.25, 0.3) is 5.91 Å². The number of methoxy groups -OCH3 is 1. The summed E-state index contributed by atoms with van der Waals surface area (Å²) >= 11 is 1.35. The molecule has 0 radical (unpaired) electrons. The van der Waals surface area contributed by atoms with E-state index in [1.54, 1.807) is 11.9 Å². The predicted octanol–water partition coefficient (Wildman–Crippen LogP) is 1.97. The number of nitrogens with zero attached hydrogens (tertiary/aromatic N) is 1. The summed E-state index contributed by atoms with van der Waals surface area (Å²) in [5, 5.41) is 6.00. The maximum absolute atomic E-state index is 12.2. The number of carbonyl (C=O) groups is 3. The van der Waals surface area contributed by atoms with Crippen LogP contribution in [0, 0.1) is 0 Å². The maximum Gasteiger partial charge on any atom is 0.409 e. The minimum Gasteiger partial charge on any atom is -0.453 e. The molecule has 0 saturated heterocycles. The minimum absolute atomic E-state index is 0.110. The number of ether oxygens (including phenoxy) is 1. The quantitative estimate of drug-likeness (QED) is 0.878. The zero-order valence-electron chi connectivity index (χ0n) is 13.5. The molecule has 23 heavy (non-hydrogen) atoms. The summed E-state index contributed by atoms with van der Waals surface area (Å²) in [6, 6.07) is 0.